The topological polar surface area (TPSA) is 12.0 Å². The van der Waals surface area contributed by atoms with Gasteiger partial charge < -0.3 is 5.32 Å². The number of fused-ring (bicyclic) bond motifs is 1. The number of hydrogen-bond acceptors (Lipinski definition) is 2. The second-order valence-corrected chi connectivity index (χ2v) is 7.40. The maximum Gasteiger partial charge on any atom is 0.0417 e. The minimum absolute atomic E-state index is 0.469. The summed E-state index contributed by atoms with van der Waals surface area (Å²) in [6.07, 6.45) is 4.09. The van der Waals surface area contributed by atoms with Crippen LogP contribution in [0.1, 0.15) is 50.3 Å². The normalized spacial score (nSPS) is 30.1. The van der Waals surface area contributed by atoms with E-state index in [-0.39, 0.29) is 0 Å². The third-order valence-corrected chi connectivity index (χ3v) is 5.72. The van der Waals surface area contributed by atoms with Crippen molar-refractivity contribution in [3.05, 3.63) is 35.4 Å². The van der Waals surface area contributed by atoms with Crippen LogP contribution in [0.3, 0.4) is 0 Å². The van der Waals surface area contributed by atoms with Gasteiger partial charge in [0.15, 0.2) is 0 Å². The molecule has 2 atom stereocenters. The van der Waals surface area contributed by atoms with Crippen LogP contribution in [0, 0.1) is 5.41 Å². The highest BCUT2D eigenvalue weighted by Crippen LogP contribution is 2.40. The van der Waals surface area contributed by atoms with Crippen molar-refractivity contribution in [2.24, 2.45) is 5.41 Å². The molecule has 0 amide bonds. The van der Waals surface area contributed by atoms with E-state index in [1.807, 2.05) is 0 Å². The van der Waals surface area contributed by atoms with Crippen molar-refractivity contribution in [3.63, 3.8) is 0 Å². The highest BCUT2D eigenvalue weighted by Gasteiger charge is 2.36. The lowest BCUT2D eigenvalue weighted by Crippen LogP contribution is -2.41. The maximum absolute atomic E-state index is 3.94. The average molecular weight is 261 g/mol. The van der Waals surface area contributed by atoms with Crippen molar-refractivity contribution in [2.75, 3.05) is 5.75 Å². The van der Waals surface area contributed by atoms with Crippen molar-refractivity contribution >= 4 is 11.8 Å². The fourth-order valence-electron chi connectivity index (χ4n) is 3.40. The molecule has 1 heterocycles. The first kappa shape index (κ1) is 12.6. The SMILES string of the molecule is CC1(C)CCCC1NC1CSCc2ccccc21. The van der Waals surface area contributed by atoms with E-state index in [0.717, 1.165) is 0 Å². The van der Waals surface area contributed by atoms with E-state index >= 15 is 0 Å². The van der Waals surface area contributed by atoms with Gasteiger partial charge in [-0.05, 0) is 29.4 Å². The van der Waals surface area contributed by atoms with E-state index in [9.17, 15) is 0 Å². The molecule has 0 spiro atoms. The van der Waals surface area contributed by atoms with Crippen molar-refractivity contribution in [2.45, 2.75) is 50.9 Å². The van der Waals surface area contributed by atoms with Gasteiger partial charge in [0.2, 0.25) is 0 Å². The Morgan fingerprint density at radius 1 is 1.28 bits per heavy atom. The predicted molar refractivity (Wildman–Crippen MR) is 79.9 cm³/mol. The van der Waals surface area contributed by atoms with Gasteiger partial charge in [0.1, 0.15) is 0 Å². The van der Waals surface area contributed by atoms with Crippen molar-refractivity contribution in [1.29, 1.82) is 0 Å². The van der Waals surface area contributed by atoms with Crippen LogP contribution in [0.25, 0.3) is 0 Å². The fraction of sp³-hybridized carbons (Fsp3) is 0.625. The van der Waals surface area contributed by atoms with Crippen molar-refractivity contribution in [1.82, 2.24) is 5.32 Å². The summed E-state index contributed by atoms with van der Waals surface area (Å²) in [4.78, 5) is 0. The van der Waals surface area contributed by atoms with Gasteiger partial charge in [-0.25, -0.2) is 0 Å². The quantitative estimate of drug-likeness (QED) is 0.858. The van der Waals surface area contributed by atoms with Gasteiger partial charge in [0, 0.05) is 23.6 Å². The van der Waals surface area contributed by atoms with Crippen LogP contribution >= 0.6 is 11.8 Å². The monoisotopic (exact) mass is 261 g/mol. The Hall–Kier alpha value is -0.470. The van der Waals surface area contributed by atoms with Gasteiger partial charge in [-0.15, -0.1) is 0 Å². The lowest BCUT2D eigenvalue weighted by Gasteiger charge is -2.34. The van der Waals surface area contributed by atoms with Crippen molar-refractivity contribution in [3.8, 4) is 0 Å². The van der Waals surface area contributed by atoms with Gasteiger partial charge >= 0.3 is 0 Å². The Kier molecular flexibility index (Phi) is 3.42. The highest BCUT2D eigenvalue weighted by molar-refractivity contribution is 7.98. The number of nitrogens with one attached hydrogen (secondary N) is 1. The van der Waals surface area contributed by atoms with Gasteiger partial charge in [0.25, 0.3) is 0 Å². The second-order valence-electron chi connectivity index (χ2n) is 6.37. The molecule has 2 aliphatic rings. The Morgan fingerprint density at radius 2 is 2.11 bits per heavy atom. The minimum Gasteiger partial charge on any atom is -0.306 e. The first-order valence-corrected chi connectivity index (χ1v) is 8.24. The van der Waals surface area contributed by atoms with E-state index in [0.29, 0.717) is 17.5 Å². The first-order chi connectivity index (χ1) is 8.67. The van der Waals surface area contributed by atoms with Crippen LogP contribution in [-0.2, 0) is 5.75 Å². The lowest BCUT2D eigenvalue weighted by molar-refractivity contribution is 0.267. The zero-order valence-electron chi connectivity index (χ0n) is 11.4. The third kappa shape index (κ3) is 2.33. The number of thioether (sulfide) groups is 1. The fourth-order valence-corrected chi connectivity index (χ4v) is 4.51. The third-order valence-electron chi connectivity index (χ3n) is 4.63. The smallest absolute Gasteiger partial charge is 0.0417 e. The van der Waals surface area contributed by atoms with Crippen LogP contribution in [-0.4, -0.2) is 11.8 Å². The molecule has 1 nitrogen and oxygen atoms in total. The molecule has 2 heteroatoms. The van der Waals surface area contributed by atoms with Crippen LogP contribution in [0.5, 0.6) is 0 Å². The summed E-state index contributed by atoms with van der Waals surface area (Å²) in [5.41, 5.74) is 3.54. The molecule has 0 saturated heterocycles. The molecule has 2 unspecified atom stereocenters. The van der Waals surface area contributed by atoms with Crippen LogP contribution in [0.2, 0.25) is 0 Å². The Bertz CT molecular complexity index is 427. The van der Waals surface area contributed by atoms with E-state index in [2.05, 4.69) is 55.2 Å². The minimum atomic E-state index is 0.469. The first-order valence-electron chi connectivity index (χ1n) is 7.08. The largest absolute Gasteiger partial charge is 0.306 e. The molecule has 98 valence electrons. The van der Waals surface area contributed by atoms with Gasteiger partial charge in [-0.3, -0.25) is 0 Å². The van der Waals surface area contributed by atoms with Crippen LogP contribution in [0.15, 0.2) is 24.3 Å². The second kappa shape index (κ2) is 4.90. The summed E-state index contributed by atoms with van der Waals surface area (Å²) in [7, 11) is 0. The zero-order chi connectivity index (χ0) is 12.6. The van der Waals surface area contributed by atoms with E-state index in [4.69, 9.17) is 0 Å². The summed E-state index contributed by atoms with van der Waals surface area (Å²) in [5, 5.41) is 3.94. The van der Waals surface area contributed by atoms with Gasteiger partial charge in [0.05, 0.1) is 0 Å². The van der Waals surface area contributed by atoms with E-state index in [1.165, 1.54) is 36.3 Å². The van der Waals surface area contributed by atoms with E-state index < -0.39 is 0 Å². The highest BCUT2D eigenvalue weighted by atomic mass is 32.2. The van der Waals surface area contributed by atoms with Gasteiger partial charge in [-0.2, -0.15) is 11.8 Å². The molecule has 3 rings (SSSR count). The van der Waals surface area contributed by atoms with Crippen LogP contribution in [0.4, 0.5) is 0 Å². The predicted octanol–water partition coefficient (Wildman–Crippen LogP) is 4.14. The molecule has 1 N–H and O–H groups in total. The Labute approximate surface area is 115 Å². The molecule has 1 aliphatic carbocycles. The average Bonchev–Trinajstić information content (AvgIpc) is 2.69. The molecule has 1 aromatic rings. The summed E-state index contributed by atoms with van der Waals surface area (Å²) >= 11 is 2.07. The van der Waals surface area contributed by atoms with Crippen molar-refractivity contribution < 1.29 is 0 Å². The number of rotatable bonds is 2. The number of hydrogen-bond donors (Lipinski definition) is 1. The molecule has 18 heavy (non-hydrogen) atoms. The molecule has 0 aromatic heterocycles. The Morgan fingerprint density at radius 3 is 2.89 bits per heavy atom. The molecule has 1 aromatic carbocycles. The summed E-state index contributed by atoms with van der Waals surface area (Å²) in [6, 6.07) is 10.2. The van der Waals surface area contributed by atoms with Crippen LogP contribution < -0.4 is 5.32 Å². The molecular weight excluding hydrogens is 238 g/mol. The summed E-state index contributed by atoms with van der Waals surface area (Å²) in [6.45, 7) is 4.83. The Balaban J connectivity index is 1.78. The molecule has 1 saturated carbocycles. The molecular formula is C16H23NS. The summed E-state index contributed by atoms with van der Waals surface area (Å²) in [5.74, 6) is 2.41. The maximum atomic E-state index is 3.94. The zero-order valence-corrected chi connectivity index (χ0v) is 12.2. The standard InChI is InChI=1S/C16H23NS/c1-16(2)9-5-8-15(16)17-14-11-18-10-12-6-3-4-7-13(12)14/h3-4,6-7,14-15,17H,5,8-11H2,1-2H3. The molecule has 0 bridgehead atoms. The van der Waals surface area contributed by atoms with E-state index in [1.54, 1.807) is 5.56 Å². The number of benzene rings is 1. The molecule has 0 radical (unpaired) electrons. The lowest BCUT2D eigenvalue weighted by atomic mass is 9.86. The summed E-state index contributed by atoms with van der Waals surface area (Å²) < 4.78 is 0. The van der Waals surface area contributed by atoms with Gasteiger partial charge in [-0.1, -0.05) is 44.5 Å². The molecule has 1 fully saturated rings. The molecule has 1 aliphatic heterocycles.